The van der Waals surface area contributed by atoms with Crippen LogP contribution in [-0.4, -0.2) is 51.0 Å². The molecule has 2 aliphatic rings. The Balaban J connectivity index is 1.76. The normalized spacial score (nSPS) is 22.0. The summed E-state index contributed by atoms with van der Waals surface area (Å²) in [5, 5.41) is 3.01. The number of sulfonamides is 1. The number of hydrogen-bond donors (Lipinski definition) is 1. The molecule has 1 aromatic carbocycles. The molecule has 1 N–H and O–H groups in total. The van der Waals surface area contributed by atoms with Crippen LogP contribution in [0.1, 0.15) is 36.0 Å². The quantitative estimate of drug-likeness (QED) is 0.858. The van der Waals surface area contributed by atoms with Crippen molar-refractivity contribution in [1.82, 2.24) is 9.62 Å². The van der Waals surface area contributed by atoms with Crippen LogP contribution in [0.3, 0.4) is 0 Å². The minimum atomic E-state index is -3.57. The Kier molecular flexibility index (Phi) is 5.44. The molecule has 2 aliphatic heterocycles. The zero-order valence-corrected chi connectivity index (χ0v) is 14.9. The minimum Gasteiger partial charge on any atom is -0.376 e. The van der Waals surface area contributed by atoms with E-state index >= 15 is 0 Å². The first kappa shape index (κ1) is 17.7. The molecule has 0 bridgehead atoms. The Morgan fingerprint density at radius 1 is 1.29 bits per heavy atom. The van der Waals surface area contributed by atoms with Gasteiger partial charge in [-0.05, 0) is 43.9 Å². The number of halogens is 1. The van der Waals surface area contributed by atoms with Gasteiger partial charge in [-0.1, -0.05) is 11.6 Å². The summed E-state index contributed by atoms with van der Waals surface area (Å²) in [6, 6.07) is 4.28. The number of hydrogen-bond acceptors (Lipinski definition) is 4. The molecule has 2 heterocycles. The van der Waals surface area contributed by atoms with Gasteiger partial charge < -0.3 is 10.1 Å². The number of carbonyl (C=O) groups excluding carboxylic acids is 1. The first-order valence-corrected chi connectivity index (χ1v) is 10.00. The van der Waals surface area contributed by atoms with Crippen LogP contribution in [0, 0.1) is 0 Å². The lowest BCUT2D eigenvalue weighted by Crippen LogP contribution is -2.32. The van der Waals surface area contributed by atoms with Crippen molar-refractivity contribution in [3.63, 3.8) is 0 Å². The SMILES string of the molecule is O=C(NCC1CCCO1)c1cc(S(=O)(=O)N2CCCC2)ccc1Cl. The highest BCUT2D eigenvalue weighted by molar-refractivity contribution is 7.89. The first-order valence-electron chi connectivity index (χ1n) is 8.18. The molecule has 0 aliphatic carbocycles. The molecule has 0 spiro atoms. The van der Waals surface area contributed by atoms with Gasteiger partial charge in [-0.2, -0.15) is 4.31 Å². The van der Waals surface area contributed by atoms with E-state index < -0.39 is 10.0 Å². The predicted molar refractivity (Wildman–Crippen MR) is 90.8 cm³/mol. The second kappa shape index (κ2) is 7.39. The molecule has 0 aromatic heterocycles. The van der Waals surface area contributed by atoms with E-state index in [-0.39, 0.29) is 27.5 Å². The summed E-state index contributed by atoms with van der Waals surface area (Å²) >= 11 is 6.10. The Bertz CT molecular complexity index is 711. The number of benzene rings is 1. The second-order valence-electron chi connectivity index (χ2n) is 6.10. The average Bonchev–Trinajstić information content (AvgIpc) is 3.26. The lowest BCUT2D eigenvalue weighted by molar-refractivity contribution is 0.0857. The fourth-order valence-electron chi connectivity index (χ4n) is 3.02. The van der Waals surface area contributed by atoms with Crippen LogP contribution in [0.5, 0.6) is 0 Å². The van der Waals surface area contributed by atoms with Crippen LogP contribution in [0.2, 0.25) is 5.02 Å². The topological polar surface area (TPSA) is 75.7 Å². The van der Waals surface area contributed by atoms with Crippen molar-refractivity contribution in [2.24, 2.45) is 0 Å². The molecule has 2 saturated heterocycles. The third kappa shape index (κ3) is 3.74. The largest absolute Gasteiger partial charge is 0.376 e. The highest BCUT2D eigenvalue weighted by atomic mass is 35.5. The summed E-state index contributed by atoms with van der Waals surface area (Å²) in [6.45, 7) is 2.15. The first-order chi connectivity index (χ1) is 11.5. The van der Waals surface area contributed by atoms with E-state index in [4.69, 9.17) is 16.3 Å². The summed E-state index contributed by atoms with van der Waals surface area (Å²) in [5.41, 5.74) is 0.176. The van der Waals surface area contributed by atoms with E-state index in [0.29, 0.717) is 26.2 Å². The third-order valence-corrected chi connectivity index (χ3v) is 6.62. The second-order valence-corrected chi connectivity index (χ2v) is 8.44. The fourth-order valence-corrected chi connectivity index (χ4v) is 4.77. The van der Waals surface area contributed by atoms with E-state index in [9.17, 15) is 13.2 Å². The molecular weight excluding hydrogens is 352 g/mol. The van der Waals surface area contributed by atoms with E-state index in [1.54, 1.807) is 0 Å². The summed E-state index contributed by atoms with van der Waals surface area (Å²) in [4.78, 5) is 12.5. The number of carbonyl (C=O) groups is 1. The van der Waals surface area contributed by atoms with Crippen molar-refractivity contribution >= 4 is 27.5 Å². The number of rotatable bonds is 5. The van der Waals surface area contributed by atoms with Crippen molar-refractivity contribution in [2.75, 3.05) is 26.2 Å². The van der Waals surface area contributed by atoms with Crippen LogP contribution >= 0.6 is 11.6 Å². The third-order valence-electron chi connectivity index (χ3n) is 4.40. The smallest absolute Gasteiger partial charge is 0.252 e. The molecule has 24 heavy (non-hydrogen) atoms. The van der Waals surface area contributed by atoms with Crippen LogP contribution in [0.4, 0.5) is 0 Å². The molecule has 1 unspecified atom stereocenters. The molecule has 3 rings (SSSR count). The van der Waals surface area contributed by atoms with Gasteiger partial charge in [0.1, 0.15) is 0 Å². The Labute approximate surface area is 147 Å². The van der Waals surface area contributed by atoms with Crippen LogP contribution in [0.25, 0.3) is 0 Å². The molecule has 132 valence electrons. The van der Waals surface area contributed by atoms with Gasteiger partial charge in [0.2, 0.25) is 10.0 Å². The van der Waals surface area contributed by atoms with Crippen molar-refractivity contribution in [3.8, 4) is 0 Å². The molecule has 1 atom stereocenters. The highest BCUT2D eigenvalue weighted by Gasteiger charge is 2.28. The maximum Gasteiger partial charge on any atom is 0.252 e. The van der Waals surface area contributed by atoms with Gasteiger partial charge in [0.05, 0.1) is 21.6 Å². The zero-order chi connectivity index (χ0) is 17.2. The number of nitrogens with zero attached hydrogens (tertiary/aromatic N) is 1. The minimum absolute atomic E-state index is 0.0178. The lowest BCUT2D eigenvalue weighted by Gasteiger charge is -2.17. The zero-order valence-electron chi connectivity index (χ0n) is 13.3. The molecule has 1 amide bonds. The molecule has 0 radical (unpaired) electrons. The summed E-state index contributed by atoms with van der Waals surface area (Å²) in [6.07, 6.45) is 3.65. The Hall–Kier alpha value is -1.15. The highest BCUT2D eigenvalue weighted by Crippen LogP contribution is 2.25. The van der Waals surface area contributed by atoms with Crippen molar-refractivity contribution in [2.45, 2.75) is 36.7 Å². The van der Waals surface area contributed by atoms with Crippen LogP contribution in [-0.2, 0) is 14.8 Å². The maximum absolute atomic E-state index is 12.6. The van der Waals surface area contributed by atoms with Crippen molar-refractivity contribution in [1.29, 1.82) is 0 Å². The van der Waals surface area contributed by atoms with Gasteiger partial charge in [0, 0.05) is 26.2 Å². The van der Waals surface area contributed by atoms with E-state index in [0.717, 1.165) is 25.7 Å². The van der Waals surface area contributed by atoms with E-state index in [1.807, 2.05) is 0 Å². The molecule has 8 heteroatoms. The van der Waals surface area contributed by atoms with Crippen molar-refractivity contribution < 1.29 is 17.9 Å². The van der Waals surface area contributed by atoms with Crippen LogP contribution < -0.4 is 5.32 Å². The van der Waals surface area contributed by atoms with Crippen LogP contribution in [0.15, 0.2) is 23.1 Å². The average molecular weight is 373 g/mol. The Morgan fingerprint density at radius 2 is 2.04 bits per heavy atom. The van der Waals surface area contributed by atoms with Gasteiger partial charge in [-0.25, -0.2) is 8.42 Å². The molecule has 2 fully saturated rings. The standard InChI is InChI=1S/C16H21ClN2O4S/c17-15-6-5-13(24(21,22)19-7-1-2-8-19)10-14(15)16(20)18-11-12-4-3-9-23-12/h5-6,10,12H,1-4,7-9,11H2,(H,18,20). The van der Waals surface area contributed by atoms with Gasteiger partial charge in [-0.15, -0.1) is 0 Å². The molecule has 0 saturated carbocycles. The van der Waals surface area contributed by atoms with Gasteiger partial charge in [-0.3, -0.25) is 4.79 Å². The number of nitrogens with one attached hydrogen (secondary N) is 1. The Morgan fingerprint density at radius 3 is 2.71 bits per heavy atom. The van der Waals surface area contributed by atoms with E-state index in [2.05, 4.69) is 5.32 Å². The molecule has 1 aromatic rings. The maximum atomic E-state index is 12.6. The van der Waals surface area contributed by atoms with Gasteiger partial charge in [0.15, 0.2) is 0 Å². The fraction of sp³-hybridized carbons (Fsp3) is 0.562. The van der Waals surface area contributed by atoms with E-state index in [1.165, 1.54) is 22.5 Å². The summed E-state index contributed by atoms with van der Waals surface area (Å²) in [5.74, 6) is -0.381. The molecular formula is C16H21ClN2O4S. The predicted octanol–water partition coefficient (Wildman–Crippen LogP) is 2.03. The van der Waals surface area contributed by atoms with Gasteiger partial charge >= 0.3 is 0 Å². The lowest BCUT2D eigenvalue weighted by atomic mass is 10.2. The monoisotopic (exact) mass is 372 g/mol. The number of ether oxygens (including phenoxy) is 1. The number of amides is 1. The summed E-state index contributed by atoms with van der Waals surface area (Å²) in [7, 11) is -3.57. The van der Waals surface area contributed by atoms with Gasteiger partial charge in [0.25, 0.3) is 5.91 Å². The molecule has 6 nitrogen and oxygen atoms in total. The summed E-state index contributed by atoms with van der Waals surface area (Å²) < 4.78 is 32.2. The van der Waals surface area contributed by atoms with Crippen molar-refractivity contribution in [3.05, 3.63) is 28.8 Å².